The van der Waals surface area contributed by atoms with Crippen LogP contribution in [0.3, 0.4) is 0 Å². The number of fused-ring (bicyclic) bond motifs is 1. The number of ether oxygens (including phenoxy) is 1. The van der Waals surface area contributed by atoms with Gasteiger partial charge in [-0.15, -0.1) is 0 Å². The molecule has 2 amide bonds. The van der Waals surface area contributed by atoms with Crippen LogP contribution in [0.5, 0.6) is 0 Å². The SMILES string of the molecule is CC1(C)C2CN(C(=O)C(CC3CC3)NC(=O)[C@H]3CCOC3)C(C(=O)O)C21. The van der Waals surface area contributed by atoms with Gasteiger partial charge in [-0.1, -0.05) is 26.7 Å². The molecule has 2 aliphatic heterocycles. The molecular weight excluding hydrogens is 336 g/mol. The summed E-state index contributed by atoms with van der Waals surface area (Å²) >= 11 is 0. The minimum absolute atomic E-state index is 0.0176. The number of aliphatic carboxylic acids is 1. The Hall–Kier alpha value is -1.63. The second kappa shape index (κ2) is 6.22. The average Bonchev–Trinajstić information content (AvgIpc) is 3.28. The summed E-state index contributed by atoms with van der Waals surface area (Å²) in [6, 6.07) is -1.38. The molecule has 4 unspecified atom stereocenters. The monoisotopic (exact) mass is 364 g/mol. The van der Waals surface area contributed by atoms with Crippen molar-refractivity contribution < 1.29 is 24.2 Å². The van der Waals surface area contributed by atoms with Gasteiger partial charge in [0.15, 0.2) is 0 Å². The number of carboxylic acids is 1. The van der Waals surface area contributed by atoms with Crippen LogP contribution < -0.4 is 5.32 Å². The van der Waals surface area contributed by atoms with Crippen molar-refractivity contribution in [3.05, 3.63) is 0 Å². The van der Waals surface area contributed by atoms with Crippen molar-refractivity contribution in [2.24, 2.45) is 29.1 Å². The van der Waals surface area contributed by atoms with Gasteiger partial charge in [-0.05, 0) is 30.1 Å². The molecule has 4 fully saturated rings. The highest BCUT2D eigenvalue weighted by molar-refractivity contribution is 5.92. The number of rotatable bonds is 6. The first-order chi connectivity index (χ1) is 12.3. The van der Waals surface area contributed by atoms with Gasteiger partial charge in [-0.25, -0.2) is 4.79 Å². The largest absolute Gasteiger partial charge is 0.480 e. The molecule has 5 atom stereocenters. The maximum absolute atomic E-state index is 13.2. The van der Waals surface area contributed by atoms with Crippen molar-refractivity contribution in [2.45, 2.75) is 51.6 Å². The lowest BCUT2D eigenvalue weighted by Gasteiger charge is -2.32. The molecule has 0 aromatic heterocycles. The Kier molecular flexibility index (Phi) is 4.25. The van der Waals surface area contributed by atoms with E-state index in [9.17, 15) is 19.5 Å². The summed E-state index contributed by atoms with van der Waals surface area (Å²) < 4.78 is 5.27. The van der Waals surface area contributed by atoms with Crippen molar-refractivity contribution in [1.82, 2.24) is 10.2 Å². The molecule has 0 aromatic carbocycles. The molecule has 2 saturated heterocycles. The number of nitrogens with one attached hydrogen (secondary N) is 1. The van der Waals surface area contributed by atoms with Crippen LogP contribution in [0.4, 0.5) is 0 Å². The van der Waals surface area contributed by atoms with E-state index in [4.69, 9.17) is 4.74 Å². The molecule has 0 aromatic rings. The molecule has 26 heavy (non-hydrogen) atoms. The van der Waals surface area contributed by atoms with Gasteiger partial charge in [0, 0.05) is 19.1 Å². The second-order valence-corrected chi connectivity index (χ2v) is 9.03. The zero-order valence-electron chi connectivity index (χ0n) is 15.4. The van der Waals surface area contributed by atoms with Crippen LogP contribution in [0.25, 0.3) is 0 Å². The highest BCUT2D eigenvalue weighted by atomic mass is 16.5. The van der Waals surface area contributed by atoms with Gasteiger partial charge in [-0.2, -0.15) is 0 Å². The Morgan fingerprint density at radius 3 is 2.58 bits per heavy atom. The molecule has 2 N–H and O–H groups in total. The van der Waals surface area contributed by atoms with E-state index in [1.807, 2.05) is 0 Å². The summed E-state index contributed by atoms with van der Waals surface area (Å²) in [7, 11) is 0. The van der Waals surface area contributed by atoms with Crippen LogP contribution in [0.15, 0.2) is 0 Å². The molecule has 0 bridgehead atoms. The number of nitrogens with zero attached hydrogens (tertiary/aromatic N) is 1. The minimum Gasteiger partial charge on any atom is -0.480 e. The molecule has 4 rings (SSSR count). The van der Waals surface area contributed by atoms with Gasteiger partial charge in [0.05, 0.1) is 12.5 Å². The van der Waals surface area contributed by atoms with E-state index in [1.165, 1.54) is 4.90 Å². The Labute approximate surface area is 153 Å². The van der Waals surface area contributed by atoms with Crippen molar-refractivity contribution in [3.8, 4) is 0 Å². The first-order valence-electron chi connectivity index (χ1n) is 9.72. The summed E-state index contributed by atoms with van der Waals surface area (Å²) in [4.78, 5) is 39.0. The first kappa shape index (κ1) is 17.8. The topological polar surface area (TPSA) is 95.9 Å². The fourth-order valence-corrected chi connectivity index (χ4v) is 4.93. The van der Waals surface area contributed by atoms with E-state index >= 15 is 0 Å². The molecule has 2 heterocycles. The van der Waals surface area contributed by atoms with Crippen LogP contribution in [0, 0.1) is 29.1 Å². The third-order valence-electron chi connectivity index (χ3n) is 6.93. The van der Waals surface area contributed by atoms with Gasteiger partial charge < -0.3 is 20.1 Å². The fraction of sp³-hybridized carbons (Fsp3) is 0.842. The smallest absolute Gasteiger partial charge is 0.326 e. The number of amides is 2. The van der Waals surface area contributed by atoms with Crippen LogP contribution in [-0.2, 0) is 19.1 Å². The Bertz CT molecular complexity index is 623. The predicted molar refractivity (Wildman–Crippen MR) is 92.1 cm³/mol. The van der Waals surface area contributed by atoms with Gasteiger partial charge in [-0.3, -0.25) is 9.59 Å². The zero-order valence-corrected chi connectivity index (χ0v) is 15.4. The predicted octanol–water partition coefficient (Wildman–Crippen LogP) is 0.875. The summed E-state index contributed by atoms with van der Waals surface area (Å²) in [5, 5.41) is 12.6. The van der Waals surface area contributed by atoms with Crippen LogP contribution in [0.2, 0.25) is 0 Å². The highest BCUT2D eigenvalue weighted by Gasteiger charge is 2.69. The van der Waals surface area contributed by atoms with E-state index < -0.39 is 18.1 Å². The van der Waals surface area contributed by atoms with Gasteiger partial charge in [0.2, 0.25) is 11.8 Å². The summed E-state index contributed by atoms with van der Waals surface area (Å²) in [6.45, 7) is 5.60. The van der Waals surface area contributed by atoms with Crippen molar-refractivity contribution in [3.63, 3.8) is 0 Å². The van der Waals surface area contributed by atoms with Gasteiger partial charge in [0.25, 0.3) is 0 Å². The summed E-state index contributed by atoms with van der Waals surface area (Å²) in [5.41, 5.74) is -0.0176. The number of carbonyl (C=O) groups excluding carboxylic acids is 2. The van der Waals surface area contributed by atoms with Crippen LogP contribution >= 0.6 is 0 Å². The third kappa shape index (κ3) is 3.00. The first-order valence-corrected chi connectivity index (χ1v) is 9.72. The van der Waals surface area contributed by atoms with E-state index in [0.717, 1.165) is 12.8 Å². The molecule has 7 heteroatoms. The van der Waals surface area contributed by atoms with E-state index in [2.05, 4.69) is 19.2 Å². The standard InChI is InChI=1S/C19H28N2O5/c1-19(2)12-8-21(15(14(12)19)18(24)25)17(23)13(7-10-3-4-10)20-16(22)11-5-6-26-9-11/h10-15H,3-9H2,1-2H3,(H,20,22)(H,24,25)/t11-,12?,13?,14?,15?/m0/s1. The van der Waals surface area contributed by atoms with E-state index in [1.54, 1.807) is 0 Å². The quantitative estimate of drug-likeness (QED) is 0.729. The lowest BCUT2D eigenvalue weighted by molar-refractivity contribution is -0.151. The summed E-state index contributed by atoms with van der Waals surface area (Å²) in [6.07, 6.45) is 3.44. The molecule has 7 nitrogen and oxygen atoms in total. The Morgan fingerprint density at radius 2 is 2.00 bits per heavy atom. The number of likely N-dealkylation sites (tertiary alicyclic amines) is 1. The summed E-state index contributed by atoms with van der Waals surface area (Å²) in [5.74, 6) is -0.779. The maximum Gasteiger partial charge on any atom is 0.326 e. The van der Waals surface area contributed by atoms with Gasteiger partial charge in [0.1, 0.15) is 12.1 Å². The molecule has 0 radical (unpaired) electrons. The number of piperidine rings is 1. The van der Waals surface area contributed by atoms with Crippen molar-refractivity contribution in [1.29, 1.82) is 0 Å². The normalized spacial score (nSPS) is 35.7. The second-order valence-electron chi connectivity index (χ2n) is 9.03. The molecule has 0 spiro atoms. The van der Waals surface area contributed by atoms with Crippen molar-refractivity contribution >= 4 is 17.8 Å². The number of carboxylic acid groups (broad SMARTS) is 1. The van der Waals surface area contributed by atoms with Crippen molar-refractivity contribution in [2.75, 3.05) is 19.8 Å². The lowest BCUT2D eigenvalue weighted by atomic mass is 9.99. The van der Waals surface area contributed by atoms with Crippen LogP contribution in [-0.4, -0.2) is 59.6 Å². The Morgan fingerprint density at radius 1 is 1.27 bits per heavy atom. The fourth-order valence-electron chi connectivity index (χ4n) is 4.93. The highest BCUT2D eigenvalue weighted by Crippen LogP contribution is 2.64. The van der Waals surface area contributed by atoms with Crippen LogP contribution in [0.1, 0.15) is 39.5 Å². The molecule has 4 aliphatic rings. The molecule has 144 valence electrons. The Balaban J connectivity index is 1.47. The van der Waals surface area contributed by atoms with E-state index in [0.29, 0.717) is 38.5 Å². The number of hydrogen-bond acceptors (Lipinski definition) is 4. The third-order valence-corrected chi connectivity index (χ3v) is 6.93. The number of hydrogen-bond donors (Lipinski definition) is 2. The zero-order chi connectivity index (χ0) is 18.6. The molecule has 2 aliphatic carbocycles. The molecule has 2 saturated carbocycles. The average molecular weight is 364 g/mol. The minimum atomic E-state index is -0.933. The molecular formula is C19H28N2O5. The van der Waals surface area contributed by atoms with Gasteiger partial charge >= 0.3 is 5.97 Å². The van der Waals surface area contributed by atoms with E-state index in [-0.39, 0.29) is 35.0 Å². The maximum atomic E-state index is 13.2. The number of carbonyl (C=O) groups is 3. The lowest BCUT2D eigenvalue weighted by Crippen LogP contribution is -2.54.